The molecule has 1 aliphatic carbocycles. The Kier molecular flexibility index (Phi) is 2.55. The summed E-state index contributed by atoms with van der Waals surface area (Å²) in [4.78, 5) is 0. The van der Waals surface area contributed by atoms with Crippen LogP contribution in [0.4, 0.5) is 10.2 Å². The summed E-state index contributed by atoms with van der Waals surface area (Å²) in [6.07, 6.45) is 1.51. The largest absolute Gasteiger partial charge is 0.383 e. The second-order valence-corrected chi connectivity index (χ2v) is 4.97. The lowest BCUT2D eigenvalue weighted by atomic mass is 10.1. The van der Waals surface area contributed by atoms with E-state index in [1.165, 1.54) is 6.07 Å². The van der Waals surface area contributed by atoms with E-state index in [-0.39, 0.29) is 11.9 Å². The number of anilines is 1. The van der Waals surface area contributed by atoms with Crippen LogP contribution in [0, 0.1) is 12.7 Å². The van der Waals surface area contributed by atoms with Gasteiger partial charge in [0.1, 0.15) is 16.7 Å². The van der Waals surface area contributed by atoms with Crippen molar-refractivity contribution in [2.45, 2.75) is 25.8 Å². The van der Waals surface area contributed by atoms with Crippen LogP contribution in [0.25, 0.3) is 0 Å². The number of benzene rings is 1. The molecule has 18 heavy (non-hydrogen) atoms. The minimum absolute atomic E-state index is 0.0121. The first-order valence-electron chi connectivity index (χ1n) is 5.87. The zero-order valence-electron chi connectivity index (χ0n) is 9.95. The van der Waals surface area contributed by atoms with Gasteiger partial charge in [-0.25, -0.2) is 9.07 Å². The lowest BCUT2D eigenvalue weighted by Gasteiger charge is -2.14. The van der Waals surface area contributed by atoms with Crippen LogP contribution in [0.2, 0.25) is 5.02 Å². The molecule has 5 heteroatoms. The molecule has 1 aromatic heterocycles. The van der Waals surface area contributed by atoms with Gasteiger partial charge in [0, 0.05) is 0 Å². The minimum atomic E-state index is -0.149. The van der Waals surface area contributed by atoms with Crippen LogP contribution in [0.5, 0.6) is 0 Å². The first-order valence-corrected chi connectivity index (χ1v) is 6.24. The summed E-state index contributed by atoms with van der Waals surface area (Å²) in [7, 11) is 0. The molecule has 1 aliphatic rings. The molecule has 0 aliphatic heterocycles. The molecule has 0 radical (unpaired) electrons. The van der Waals surface area contributed by atoms with Crippen molar-refractivity contribution in [3.63, 3.8) is 0 Å². The van der Waals surface area contributed by atoms with Crippen LogP contribution < -0.4 is 5.73 Å². The Morgan fingerprint density at radius 1 is 1.50 bits per heavy atom. The number of aromatic nitrogens is 2. The number of hydrogen-bond donors (Lipinski definition) is 1. The summed E-state index contributed by atoms with van der Waals surface area (Å²) in [5, 5.41) is 4.84. The molecule has 3 nitrogen and oxygen atoms in total. The van der Waals surface area contributed by atoms with Gasteiger partial charge < -0.3 is 5.73 Å². The zero-order valence-corrected chi connectivity index (χ0v) is 10.7. The minimum Gasteiger partial charge on any atom is -0.383 e. The van der Waals surface area contributed by atoms with Crippen molar-refractivity contribution in [2.24, 2.45) is 0 Å². The zero-order chi connectivity index (χ0) is 12.9. The van der Waals surface area contributed by atoms with Gasteiger partial charge >= 0.3 is 0 Å². The molecule has 0 saturated heterocycles. The number of aryl methyl sites for hydroxylation is 1. The molecule has 94 valence electrons. The van der Waals surface area contributed by atoms with E-state index in [9.17, 15) is 4.39 Å². The second-order valence-electron chi connectivity index (χ2n) is 4.59. The Balaban J connectivity index is 2.12. The smallest absolute Gasteiger partial charge is 0.141 e. The lowest BCUT2D eigenvalue weighted by Crippen LogP contribution is -2.12. The van der Waals surface area contributed by atoms with Crippen molar-refractivity contribution in [1.29, 1.82) is 0 Å². The fourth-order valence-electron chi connectivity index (χ4n) is 2.62. The third kappa shape index (κ3) is 1.52. The van der Waals surface area contributed by atoms with Crippen molar-refractivity contribution in [2.75, 3.05) is 5.73 Å². The fraction of sp³-hybridized carbons (Fsp3) is 0.308. The molecule has 0 amide bonds. The lowest BCUT2D eigenvalue weighted by molar-refractivity contribution is 0.524. The Morgan fingerprint density at radius 3 is 2.94 bits per heavy atom. The average molecular weight is 266 g/mol. The van der Waals surface area contributed by atoms with Gasteiger partial charge in [-0.05, 0) is 37.0 Å². The van der Waals surface area contributed by atoms with E-state index in [0.29, 0.717) is 23.0 Å². The summed E-state index contributed by atoms with van der Waals surface area (Å²) in [5.41, 5.74) is 8.39. The number of rotatable bonds is 1. The van der Waals surface area contributed by atoms with Gasteiger partial charge in [0.2, 0.25) is 0 Å². The number of nitrogens with two attached hydrogens (primary N) is 1. The summed E-state index contributed by atoms with van der Waals surface area (Å²) in [6, 6.07) is 5.13. The number of halogens is 2. The van der Waals surface area contributed by atoms with Crippen LogP contribution in [0.15, 0.2) is 18.2 Å². The normalized spacial score (nSPS) is 18.1. The first-order chi connectivity index (χ1) is 8.59. The maximum Gasteiger partial charge on any atom is 0.141 e. The summed E-state index contributed by atoms with van der Waals surface area (Å²) < 4.78 is 15.4. The van der Waals surface area contributed by atoms with Crippen molar-refractivity contribution < 1.29 is 4.39 Å². The molecule has 1 heterocycles. The van der Waals surface area contributed by atoms with Gasteiger partial charge in [0.05, 0.1) is 11.7 Å². The topological polar surface area (TPSA) is 43.8 Å². The SMILES string of the molecule is Cc1nn(C2CCc3c(F)cccc32)c(N)c1Cl. The van der Waals surface area contributed by atoms with Gasteiger partial charge in [-0.15, -0.1) is 0 Å². The Morgan fingerprint density at radius 2 is 2.28 bits per heavy atom. The third-order valence-electron chi connectivity index (χ3n) is 3.52. The molecule has 0 fully saturated rings. The van der Waals surface area contributed by atoms with Gasteiger partial charge in [-0.1, -0.05) is 23.7 Å². The van der Waals surface area contributed by atoms with Crippen molar-refractivity contribution in [1.82, 2.24) is 9.78 Å². The summed E-state index contributed by atoms with van der Waals surface area (Å²) in [5.74, 6) is 0.305. The highest BCUT2D eigenvalue weighted by Gasteiger charge is 2.29. The maximum atomic E-state index is 13.7. The van der Waals surface area contributed by atoms with Gasteiger partial charge in [-0.2, -0.15) is 5.10 Å². The Hall–Kier alpha value is -1.55. The highest BCUT2D eigenvalue weighted by atomic mass is 35.5. The molecule has 1 aromatic carbocycles. The molecule has 1 atom stereocenters. The quantitative estimate of drug-likeness (QED) is 0.861. The predicted octanol–water partition coefficient (Wildman–Crippen LogP) is 3.10. The molecular formula is C13H13ClFN3. The van der Waals surface area contributed by atoms with Crippen LogP contribution in [0.3, 0.4) is 0 Å². The fourth-order valence-corrected chi connectivity index (χ4v) is 2.75. The highest BCUT2D eigenvalue weighted by Crippen LogP contribution is 2.38. The van der Waals surface area contributed by atoms with E-state index in [0.717, 1.165) is 17.5 Å². The molecule has 2 aromatic rings. The Bertz CT molecular complexity index is 621. The van der Waals surface area contributed by atoms with Crippen LogP contribution in [-0.2, 0) is 6.42 Å². The van der Waals surface area contributed by atoms with Gasteiger partial charge in [-0.3, -0.25) is 0 Å². The standard InChI is InChI=1S/C13H13ClFN3/c1-7-12(14)13(16)18(17-7)11-6-5-8-9(11)3-2-4-10(8)15/h2-4,11H,5-6,16H2,1H3. The van der Waals surface area contributed by atoms with E-state index in [1.54, 1.807) is 10.7 Å². The highest BCUT2D eigenvalue weighted by molar-refractivity contribution is 6.33. The van der Waals surface area contributed by atoms with E-state index in [1.807, 2.05) is 13.0 Å². The number of hydrogen-bond acceptors (Lipinski definition) is 2. The maximum absolute atomic E-state index is 13.7. The number of nitrogens with zero attached hydrogens (tertiary/aromatic N) is 2. The number of fused-ring (bicyclic) bond motifs is 1. The van der Waals surface area contributed by atoms with Gasteiger partial charge in [0.15, 0.2) is 0 Å². The molecule has 1 unspecified atom stereocenters. The van der Waals surface area contributed by atoms with Crippen molar-refractivity contribution >= 4 is 17.4 Å². The molecular weight excluding hydrogens is 253 g/mol. The number of nitrogen functional groups attached to an aromatic ring is 1. The molecule has 3 rings (SSSR count). The third-order valence-corrected chi connectivity index (χ3v) is 3.99. The van der Waals surface area contributed by atoms with E-state index < -0.39 is 0 Å². The predicted molar refractivity (Wildman–Crippen MR) is 69.2 cm³/mol. The molecule has 0 bridgehead atoms. The molecule has 0 saturated carbocycles. The summed E-state index contributed by atoms with van der Waals surface area (Å²) >= 11 is 6.05. The van der Waals surface area contributed by atoms with Crippen LogP contribution in [-0.4, -0.2) is 9.78 Å². The molecule has 2 N–H and O–H groups in total. The average Bonchev–Trinajstić information content (AvgIpc) is 2.88. The van der Waals surface area contributed by atoms with E-state index >= 15 is 0 Å². The van der Waals surface area contributed by atoms with Crippen LogP contribution >= 0.6 is 11.6 Å². The molecule has 0 spiro atoms. The van der Waals surface area contributed by atoms with Crippen molar-refractivity contribution in [3.8, 4) is 0 Å². The van der Waals surface area contributed by atoms with E-state index in [4.69, 9.17) is 17.3 Å². The van der Waals surface area contributed by atoms with E-state index in [2.05, 4.69) is 5.10 Å². The van der Waals surface area contributed by atoms with Crippen molar-refractivity contribution in [3.05, 3.63) is 45.9 Å². The monoisotopic (exact) mass is 265 g/mol. The van der Waals surface area contributed by atoms with Crippen LogP contribution in [0.1, 0.15) is 29.3 Å². The summed E-state index contributed by atoms with van der Waals surface area (Å²) in [6.45, 7) is 1.82. The second kappa shape index (κ2) is 3.99. The van der Waals surface area contributed by atoms with Gasteiger partial charge in [0.25, 0.3) is 0 Å². The first kappa shape index (κ1) is 11.5. The Labute approximate surface area is 109 Å².